The van der Waals surface area contributed by atoms with Gasteiger partial charge in [-0.2, -0.15) is 0 Å². The maximum absolute atomic E-state index is 12.3. The van der Waals surface area contributed by atoms with E-state index in [1.807, 2.05) is 11.9 Å². The molecule has 0 saturated heterocycles. The highest BCUT2D eigenvalue weighted by Gasteiger charge is 2.45. The number of carbonyl (C=O) groups is 1. The fourth-order valence-corrected chi connectivity index (χ4v) is 3.26. The first-order valence-electron chi connectivity index (χ1n) is 8.27. The van der Waals surface area contributed by atoms with E-state index < -0.39 is 0 Å². The number of amides is 1. The van der Waals surface area contributed by atoms with Crippen LogP contribution in [0.3, 0.4) is 0 Å². The molecule has 3 nitrogen and oxygen atoms in total. The summed E-state index contributed by atoms with van der Waals surface area (Å²) < 4.78 is 1.11. The van der Waals surface area contributed by atoms with Crippen molar-refractivity contribution in [2.45, 2.75) is 50.4 Å². The van der Waals surface area contributed by atoms with Crippen molar-refractivity contribution in [2.75, 3.05) is 20.1 Å². The molecule has 1 aromatic rings. The number of likely N-dealkylation sites (N-methyl/N-ethyl adjacent to an activating group) is 1. The molecular weight excluding hydrogens is 376 g/mol. The van der Waals surface area contributed by atoms with Gasteiger partial charge in [-0.05, 0) is 49.9 Å². The second-order valence-corrected chi connectivity index (χ2v) is 7.41. The highest BCUT2D eigenvalue weighted by Crippen LogP contribution is 2.48. The molecule has 1 aromatic carbocycles. The van der Waals surface area contributed by atoms with Gasteiger partial charge in [0.2, 0.25) is 5.91 Å². The van der Waals surface area contributed by atoms with Gasteiger partial charge in [0.05, 0.1) is 0 Å². The molecule has 0 unspecified atom stereocenters. The van der Waals surface area contributed by atoms with Crippen LogP contribution in [-0.4, -0.2) is 30.9 Å². The number of halogens is 2. The Morgan fingerprint density at radius 1 is 1.17 bits per heavy atom. The summed E-state index contributed by atoms with van der Waals surface area (Å²) in [5, 5.41) is 0. The maximum atomic E-state index is 12.3. The van der Waals surface area contributed by atoms with E-state index in [9.17, 15) is 4.79 Å². The molecule has 1 fully saturated rings. The smallest absolute Gasteiger partial charge is 0.222 e. The topological polar surface area (TPSA) is 46.3 Å². The Morgan fingerprint density at radius 3 is 2.35 bits per heavy atom. The van der Waals surface area contributed by atoms with Gasteiger partial charge >= 0.3 is 0 Å². The largest absolute Gasteiger partial charge is 0.345 e. The average molecular weight is 404 g/mol. The lowest BCUT2D eigenvalue weighted by atomic mass is 9.95. The summed E-state index contributed by atoms with van der Waals surface area (Å²) in [6.45, 7) is 1.60. The van der Waals surface area contributed by atoms with Crippen LogP contribution in [0.5, 0.6) is 0 Å². The molecule has 2 N–H and O–H groups in total. The number of benzene rings is 1. The van der Waals surface area contributed by atoms with Crippen LogP contribution in [0.15, 0.2) is 28.7 Å². The first-order valence-corrected chi connectivity index (χ1v) is 9.07. The Balaban J connectivity index is 0.00000264. The number of unbranched alkanes of at least 4 members (excludes halogenated alkanes) is 3. The summed E-state index contributed by atoms with van der Waals surface area (Å²) in [5.41, 5.74) is 7.04. The van der Waals surface area contributed by atoms with Gasteiger partial charge in [-0.25, -0.2) is 0 Å². The Morgan fingerprint density at radius 2 is 1.78 bits per heavy atom. The Labute approximate surface area is 154 Å². The van der Waals surface area contributed by atoms with E-state index in [0.717, 1.165) is 43.2 Å². The van der Waals surface area contributed by atoms with Crippen molar-refractivity contribution in [3.05, 3.63) is 34.3 Å². The normalized spacial score (nSPS) is 14.9. The third-order valence-corrected chi connectivity index (χ3v) is 5.15. The molecule has 0 atom stereocenters. The molecule has 23 heavy (non-hydrogen) atoms. The van der Waals surface area contributed by atoms with Gasteiger partial charge in [-0.3, -0.25) is 4.79 Å². The lowest BCUT2D eigenvalue weighted by Crippen LogP contribution is -2.34. The lowest BCUT2D eigenvalue weighted by Gasteiger charge is -2.24. The van der Waals surface area contributed by atoms with Crippen molar-refractivity contribution in [1.29, 1.82) is 0 Å². The highest BCUT2D eigenvalue weighted by atomic mass is 79.9. The molecule has 0 bridgehead atoms. The Kier molecular flexibility index (Phi) is 8.59. The Hall–Kier alpha value is -0.580. The van der Waals surface area contributed by atoms with Gasteiger partial charge in [-0.1, -0.05) is 40.9 Å². The highest BCUT2D eigenvalue weighted by molar-refractivity contribution is 9.10. The molecule has 0 heterocycles. The number of rotatable bonds is 9. The standard InChI is InChI=1S/C18H27BrN2O.ClH/c1-21(17(22)6-4-2-3-5-13-20)14-18(11-12-18)15-7-9-16(19)10-8-15;/h7-10H,2-6,11-14,20H2,1H3;1H. The fraction of sp³-hybridized carbons (Fsp3) is 0.611. The van der Waals surface area contributed by atoms with E-state index >= 15 is 0 Å². The number of nitrogens with two attached hydrogens (primary N) is 1. The fourth-order valence-electron chi connectivity index (χ4n) is 3.00. The molecule has 2 rings (SSSR count). The van der Waals surface area contributed by atoms with E-state index in [-0.39, 0.29) is 23.7 Å². The molecule has 5 heteroatoms. The van der Waals surface area contributed by atoms with Gasteiger partial charge in [0.25, 0.3) is 0 Å². The van der Waals surface area contributed by atoms with Crippen LogP contribution in [0.4, 0.5) is 0 Å². The van der Waals surface area contributed by atoms with Crippen molar-refractivity contribution < 1.29 is 4.79 Å². The number of hydrogen-bond acceptors (Lipinski definition) is 2. The van der Waals surface area contributed by atoms with E-state index in [4.69, 9.17) is 5.73 Å². The van der Waals surface area contributed by atoms with Gasteiger partial charge in [0, 0.05) is 29.9 Å². The van der Waals surface area contributed by atoms with E-state index in [2.05, 4.69) is 40.2 Å². The maximum Gasteiger partial charge on any atom is 0.222 e. The molecule has 1 amide bonds. The molecule has 0 aromatic heterocycles. The first kappa shape index (κ1) is 20.5. The molecule has 0 spiro atoms. The van der Waals surface area contributed by atoms with Crippen LogP contribution in [0.25, 0.3) is 0 Å². The van der Waals surface area contributed by atoms with Crippen molar-refractivity contribution in [2.24, 2.45) is 5.73 Å². The van der Waals surface area contributed by atoms with E-state index in [1.165, 1.54) is 18.4 Å². The monoisotopic (exact) mass is 402 g/mol. The molecule has 1 saturated carbocycles. The van der Waals surface area contributed by atoms with Gasteiger partial charge < -0.3 is 10.6 Å². The molecule has 0 radical (unpaired) electrons. The minimum absolute atomic E-state index is 0. The minimum Gasteiger partial charge on any atom is -0.345 e. The quantitative estimate of drug-likeness (QED) is 0.626. The summed E-state index contributed by atoms with van der Waals surface area (Å²) in [5.74, 6) is 0.274. The number of nitrogens with zero attached hydrogens (tertiary/aromatic N) is 1. The van der Waals surface area contributed by atoms with E-state index in [1.54, 1.807) is 0 Å². The average Bonchev–Trinajstić information content (AvgIpc) is 3.28. The third-order valence-electron chi connectivity index (χ3n) is 4.62. The minimum atomic E-state index is 0. The predicted octanol–water partition coefficient (Wildman–Crippen LogP) is 4.27. The van der Waals surface area contributed by atoms with Gasteiger partial charge in [0.1, 0.15) is 0 Å². The predicted molar refractivity (Wildman–Crippen MR) is 102 cm³/mol. The van der Waals surface area contributed by atoms with Gasteiger partial charge in [-0.15, -0.1) is 12.4 Å². The van der Waals surface area contributed by atoms with Crippen molar-refractivity contribution in [3.63, 3.8) is 0 Å². The van der Waals surface area contributed by atoms with Crippen molar-refractivity contribution in [1.82, 2.24) is 4.90 Å². The Bertz CT molecular complexity index is 488. The third kappa shape index (κ3) is 6.09. The summed E-state index contributed by atoms with van der Waals surface area (Å²) in [6.07, 6.45) is 7.32. The lowest BCUT2D eigenvalue weighted by molar-refractivity contribution is -0.130. The first-order chi connectivity index (χ1) is 10.6. The van der Waals surface area contributed by atoms with Gasteiger partial charge in [0.15, 0.2) is 0 Å². The van der Waals surface area contributed by atoms with Crippen LogP contribution >= 0.6 is 28.3 Å². The van der Waals surface area contributed by atoms with Crippen LogP contribution in [0.1, 0.15) is 50.5 Å². The SMILES string of the molecule is CN(CC1(c2ccc(Br)cc2)CC1)C(=O)CCCCCCN.Cl. The van der Waals surface area contributed by atoms with Crippen molar-refractivity contribution >= 4 is 34.2 Å². The summed E-state index contributed by atoms with van der Waals surface area (Å²) in [4.78, 5) is 14.2. The van der Waals surface area contributed by atoms with Crippen LogP contribution in [0, 0.1) is 0 Å². The molecular formula is C18H28BrClN2O. The van der Waals surface area contributed by atoms with E-state index in [0.29, 0.717) is 6.42 Å². The molecule has 1 aliphatic rings. The zero-order valence-corrected chi connectivity index (χ0v) is 16.3. The zero-order chi connectivity index (χ0) is 16.0. The summed E-state index contributed by atoms with van der Waals surface area (Å²) >= 11 is 3.48. The summed E-state index contributed by atoms with van der Waals surface area (Å²) in [7, 11) is 1.95. The van der Waals surface area contributed by atoms with Crippen molar-refractivity contribution in [3.8, 4) is 0 Å². The second-order valence-electron chi connectivity index (χ2n) is 6.49. The second kappa shape index (κ2) is 9.65. The molecule has 1 aliphatic carbocycles. The molecule has 0 aliphatic heterocycles. The van der Waals surface area contributed by atoms with Crippen LogP contribution in [0.2, 0.25) is 0 Å². The summed E-state index contributed by atoms with van der Waals surface area (Å²) in [6, 6.07) is 8.55. The van der Waals surface area contributed by atoms with Crippen LogP contribution in [-0.2, 0) is 10.2 Å². The zero-order valence-electron chi connectivity index (χ0n) is 13.9. The van der Waals surface area contributed by atoms with Crippen LogP contribution < -0.4 is 5.73 Å². The molecule has 130 valence electrons. The number of hydrogen-bond donors (Lipinski definition) is 1. The number of carbonyl (C=O) groups excluding carboxylic acids is 1.